The Morgan fingerprint density at radius 2 is 1.95 bits per heavy atom. The van der Waals surface area contributed by atoms with Crippen molar-refractivity contribution in [2.24, 2.45) is 0 Å². The number of nitrogens with zero attached hydrogens (tertiary/aromatic N) is 1. The summed E-state index contributed by atoms with van der Waals surface area (Å²) in [5.74, 6) is -0.945. The maximum absolute atomic E-state index is 11.0. The Labute approximate surface area is 112 Å². The second-order valence-corrected chi connectivity index (χ2v) is 4.47. The molecule has 1 heterocycles. The lowest BCUT2D eigenvalue weighted by Gasteiger charge is -2.10. The van der Waals surface area contributed by atoms with E-state index in [1.807, 2.05) is 0 Å². The number of rotatable bonds is 4. The van der Waals surface area contributed by atoms with E-state index in [1.54, 1.807) is 12.3 Å². The van der Waals surface area contributed by atoms with Gasteiger partial charge in [-0.25, -0.2) is 4.79 Å². The molecule has 98 valence electrons. The molecular formula is C16H17NO2. The minimum absolute atomic E-state index is 0.224. The van der Waals surface area contributed by atoms with Gasteiger partial charge in [0, 0.05) is 18.0 Å². The highest BCUT2D eigenvalue weighted by atomic mass is 16.4. The van der Waals surface area contributed by atoms with Crippen molar-refractivity contribution in [3.05, 3.63) is 53.3 Å². The number of aromatic nitrogens is 1. The molecule has 0 spiro atoms. The highest BCUT2D eigenvalue weighted by molar-refractivity contribution is 5.89. The van der Waals surface area contributed by atoms with Gasteiger partial charge in [0.1, 0.15) is 0 Å². The van der Waals surface area contributed by atoms with Crippen LogP contribution in [0.25, 0.3) is 11.1 Å². The van der Waals surface area contributed by atoms with Gasteiger partial charge >= 0.3 is 5.97 Å². The maximum atomic E-state index is 11.0. The predicted molar refractivity (Wildman–Crippen MR) is 75.4 cm³/mol. The van der Waals surface area contributed by atoms with Gasteiger partial charge in [0.05, 0.1) is 5.56 Å². The van der Waals surface area contributed by atoms with Crippen molar-refractivity contribution in [3.63, 3.8) is 0 Å². The van der Waals surface area contributed by atoms with Crippen LogP contribution in [0.2, 0.25) is 0 Å². The predicted octanol–water partition coefficient (Wildman–Crippen LogP) is 3.57. The first kappa shape index (κ1) is 13.3. The summed E-state index contributed by atoms with van der Waals surface area (Å²) < 4.78 is 0. The van der Waals surface area contributed by atoms with E-state index < -0.39 is 5.97 Å². The molecule has 3 heteroatoms. The van der Waals surface area contributed by atoms with Gasteiger partial charge in [-0.15, -0.1) is 0 Å². The Morgan fingerprint density at radius 1 is 1.16 bits per heavy atom. The summed E-state index contributed by atoms with van der Waals surface area (Å²) in [7, 11) is 0. The van der Waals surface area contributed by atoms with E-state index in [1.165, 1.54) is 17.3 Å². The summed E-state index contributed by atoms with van der Waals surface area (Å²) in [5.41, 5.74) is 4.63. The molecule has 2 rings (SSSR count). The van der Waals surface area contributed by atoms with Crippen molar-refractivity contribution in [2.75, 3.05) is 0 Å². The van der Waals surface area contributed by atoms with E-state index in [2.05, 4.69) is 37.0 Å². The number of hydrogen-bond acceptors (Lipinski definition) is 2. The van der Waals surface area contributed by atoms with Gasteiger partial charge in [-0.2, -0.15) is 0 Å². The van der Waals surface area contributed by atoms with Crippen molar-refractivity contribution in [1.29, 1.82) is 0 Å². The Bertz CT molecular complexity index is 605. The number of carboxylic acids is 1. The van der Waals surface area contributed by atoms with Gasteiger partial charge in [0.25, 0.3) is 0 Å². The van der Waals surface area contributed by atoms with Crippen molar-refractivity contribution in [3.8, 4) is 11.1 Å². The monoisotopic (exact) mass is 255 g/mol. The summed E-state index contributed by atoms with van der Waals surface area (Å²) >= 11 is 0. The fourth-order valence-corrected chi connectivity index (χ4v) is 2.12. The summed E-state index contributed by atoms with van der Waals surface area (Å²) in [5, 5.41) is 9.04. The van der Waals surface area contributed by atoms with Gasteiger partial charge in [0.2, 0.25) is 0 Å². The molecule has 0 fully saturated rings. The normalized spacial score (nSPS) is 10.4. The fraction of sp³-hybridized carbons (Fsp3) is 0.250. The van der Waals surface area contributed by atoms with Crippen LogP contribution in [0.5, 0.6) is 0 Å². The molecule has 0 unspecified atom stereocenters. The van der Waals surface area contributed by atoms with Gasteiger partial charge in [-0.3, -0.25) is 4.98 Å². The molecule has 0 amide bonds. The van der Waals surface area contributed by atoms with Crippen molar-refractivity contribution < 1.29 is 9.90 Å². The second-order valence-electron chi connectivity index (χ2n) is 4.47. The van der Waals surface area contributed by atoms with Crippen LogP contribution in [0.3, 0.4) is 0 Å². The molecule has 2 aromatic rings. The number of aryl methyl sites for hydroxylation is 2. The van der Waals surface area contributed by atoms with Crippen molar-refractivity contribution in [2.45, 2.75) is 26.7 Å². The third-order valence-corrected chi connectivity index (χ3v) is 3.26. The fourth-order valence-electron chi connectivity index (χ4n) is 2.12. The Morgan fingerprint density at radius 3 is 2.58 bits per heavy atom. The molecule has 0 radical (unpaired) electrons. The number of benzene rings is 1. The van der Waals surface area contributed by atoms with Gasteiger partial charge < -0.3 is 5.11 Å². The number of hydrogen-bond donors (Lipinski definition) is 1. The summed E-state index contributed by atoms with van der Waals surface area (Å²) in [4.78, 5) is 15.1. The molecule has 0 bridgehead atoms. The topological polar surface area (TPSA) is 50.2 Å². The highest BCUT2D eigenvalue weighted by Crippen LogP contribution is 2.26. The number of aromatic carboxylic acids is 1. The van der Waals surface area contributed by atoms with Crippen LogP contribution in [0.15, 0.2) is 36.7 Å². The second kappa shape index (κ2) is 5.65. The Kier molecular flexibility index (Phi) is 3.95. The van der Waals surface area contributed by atoms with Crippen LogP contribution in [0.4, 0.5) is 0 Å². The maximum Gasteiger partial charge on any atom is 0.337 e. The standard InChI is InChI=1S/C16H17NO2/c1-3-11-5-6-12(4-2)15(7-11)13-8-14(16(18)19)10-17-9-13/h5-10H,3-4H2,1-2H3,(H,18,19). The molecule has 0 aliphatic carbocycles. The lowest BCUT2D eigenvalue weighted by atomic mass is 9.95. The molecule has 1 aromatic carbocycles. The van der Waals surface area contributed by atoms with Crippen LogP contribution in [-0.4, -0.2) is 16.1 Å². The Hall–Kier alpha value is -2.16. The number of carbonyl (C=O) groups is 1. The van der Waals surface area contributed by atoms with Gasteiger partial charge in [-0.05, 0) is 35.6 Å². The third-order valence-electron chi connectivity index (χ3n) is 3.26. The first-order valence-corrected chi connectivity index (χ1v) is 6.46. The van der Waals surface area contributed by atoms with E-state index in [-0.39, 0.29) is 5.56 Å². The largest absolute Gasteiger partial charge is 0.478 e. The van der Waals surface area contributed by atoms with Crippen LogP contribution >= 0.6 is 0 Å². The molecule has 0 aliphatic rings. The van der Waals surface area contributed by atoms with Crippen LogP contribution < -0.4 is 0 Å². The SMILES string of the molecule is CCc1ccc(CC)c(-c2cncc(C(=O)O)c2)c1. The molecule has 0 saturated carbocycles. The molecule has 0 saturated heterocycles. The highest BCUT2D eigenvalue weighted by Gasteiger charge is 2.09. The number of pyridine rings is 1. The van der Waals surface area contributed by atoms with Gasteiger partial charge in [-0.1, -0.05) is 32.0 Å². The molecular weight excluding hydrogens is 238 g/mol. The zero-order valence-electron chi connectivity index (χ0n) is 11.2. The van der Waals surface area contributed by atoms with E-state index in [4.69, 9.17) is 5.11 Å². The van der Waals surface area contributed by atoms with Crippen LogP contribution in [0.1, 0.15) is 35.3 Å². The molecule has 1 aromatic heterocycles. The van der Waals surface area contributed by atoms with E-state index in [0.717, 1.165) is 24.0 Å². The van der Waals surface area contributed by atoms with E-state index in [0.29, 0.717) is 0 Å². The van der Waals surface area contributed by atoms with E-state index >= 15 is 0 Å². The molecule has 0 atom stereocenters. The average molecular weight is 255 g/mol. The summed E-state index contributed by atoms with van der Waals surface area (Å²) in [6.45, 7) is 4.20. The minimum Gasteiger partial charge on any atom is -0.478 e. The van der Waals surface area contributed by atoms with Crippen molar-refractivity contribution in [1.82, 2.24) is 4.98 Å². The molecule has 1 N–H and O–H groups in total. The number of carboxylic acid groups (broad SMARTS) is 1. The molecule has 19 heavy (non-hydrogen) atoms. The van der Waals surface area contributed by atoms with Crippen molar-refractivity contribution >= 4 is 5.97 Å². The molecule has 3 nitrogen and oxygen atoms in total. The van der Waals surface area contributed by atoms with Crippen LogP contribution in [0, 0.1) is 0 Å². The zero-order valence-corrected chi connectivity index (χ0v) is 11.2. The lowest BCUT2D eigenvalue weighted by molar-refractivity contribution is 0.0696. The summed E-state index contributed by atoms with van der Waals surface area (Å²) in [6, 6.07) is 8.04. The first-order valence-electron chi connectivity index (χ1n) is 6.46. The Balaban J connectivity index is 2.56. The minimum atomic E-state index is -0.945. The van der Waals surface area contributed by atoms with Crippen LogP contribution in [-0.2, 0) is 12.8 Å². The zero-order chi connectivity index (χ0) is 13.8. The first-order chi connectivity index (χ1) is 9.15. The third kappa shape index (κ3) is 2.81. The smallest absolute Gasteiger partial charge is 0.337 e. The van der Waals surface area contributed by atoms with E-state index in [9.17, 15) is 4.79 Å². The van der Waals surface area contributed by atoms with Gasteiger partial charge in [0.15, 0.2) is 0 Å². The quantitative estimate of drug-likeness (QED) is 0.908. The lowest BCUT2D eigenvalue weighted by Crippen LogP contribution is -1.98. The average Bonchev–Trinajstić information content (AvgIpc) is 2.46. The summed E-state index contributed by atoms with van der Waals surface area (Å²) in [6.07, 6.45) is 4.97. The molecule has 0 aliphatic heterocycles.